The lowest BCUT2D eigenvalue weighted by Gasteiger charge is -2.16. The number of benzene rings is 1. The highest BCUT2D eigenvalue weighted by molar-refractivity contribution is 6.06. The van der Waals surface area contributed by atoms with Gasteiger partial charge in [-0.05, 0) is 25.1 Å². The number of nitrogens with one attached hydrogen (secondary N) is 1. The van der Waals surface area contributed by atoms with Crippen LogP contribution in [0.4, 0.5) is 24.5 Å². The molecule has 0 aliphatic rings. The number of para-hydroxylation sites is 1. The maximum Gasteiger partial charge on any atom is 0.573 e. The van der Waals surface area contributed by atoms with E-state index in [1.54, 1.807) is 13.0 Å². The lowest BCUT2D eigenvalue weighted by atomic mass is 10.1. The quantitative estimate of drug-likeness (QED) is 0.571. The number of carbonyl (C=O) groups is 2. The number of carboxylic acid groups (broad SMARTS) is 1. The first kappa shape index (κ1) is 20.8. The Morgan fingerprint density at radius 3 is 2.50 bits per heavy atom. The minimum atomic E-state index is -4.95. The highest BCUT2D eigenvalue weighted by atomic mass is 19.4. The first-order valence-corrected chi connectivity index (χ1v) is 8.50. The fraction of sp³-hybridized carbons (Fsp3) is 0.158. The van der Waals surface area contributed by atoms with Crippen molar-refractivity contribution in [2.75, 3.05) is 11.9 Å². The van der Waals surface area contributed by atoms with Crippen molar-refractivity contribution in [1.82, 2.24) is 9.97 Å². The van der Waals surface area contributed by atoms with Crippen LogP contribution in [0, 0.1) is 0 Å². The average molecular weight is 421 g/mol. The number of halogens is 3. The number of pyridine rings is 2. The van der Waals surface area contributed by atoms with Gasteiger partial charge in [-0.25, -0.2) is 19.6 Å². The number of ether oxygens (including phenoxy) is 2. The van der Waals surface area contributed by atoms with E-state index in [-0.39, 0.29) is 40.1 Å². The van der Waals surface area contributed by atoms with E-state index in [4.69, 9.17) is 4.74 Å². The SMILES string of the molecule is CCOC(=O)c1cnc2ncc(OC(F)(F)F)cc2c1Nc1ccccc1C(=O)O. The molecule has 11 heteroatoms. The Kier molecular flexibility index (Phi) is 5.72. The molecule has 3 aromatic rings. The summed E-state index contributed by atoms with van der Waals surface area (Å²) in [5.74, 6) is -2.68. The molecule has 0 bridgehead atoms. The molecule has 2 N–H and O–H groups in total. The Balaban J connectivity index is 2.21. The fourth-order valence-corrected chi connectivity index (χ4v) is 2.66. The molecule has 0 saturated heterocycles. The third-order valence-electron chi connectivity index (χ3n) is 3.84. The van der Waals surface area contributed by atoms with E-state index >= 15 is 0 Å². The second kappa shape index (κ2) is 8.23. The number of hydrogen-bond acceptors (Lipinski definition) is 7. The van der Waals surface area contributed by atoms with Crippen LogP contribution in [0.1, 0.15) is 27.6 Å². The number of fused-ring (bicyclic) bond motifs is 1. The van der Waals surface area contributed by atoms with Crippen LogP contribution in [-0.4, -0.2) is 40.0 Å². The Hall–Kier alpha value is -3.89. The molecule has 156 valence electrons. The molecule has 0 fully saturated rings. The van der Waals surface area contributed by atoms with Gasteiger partial charge in [0.1, 0.15) is 11.3 Å². The van der Waals surface area contributed by atoms with Crippen molar-refractivity contribution >= 4 is 34.3 Å². The zero-order valence-electron chi connectivity index (χ0n) is 15.4. The third kappa shape index (κ3) is 4.57. The average Bonchev–Trinajstić information content (AvgIpc) is 2.67. The lowest BCUT2D eigenvalue weighted by molar-refractivity contribution is -0.274. The number of nitrogens with zero attached hydrogens (tertiary/aromatic N) is 2. The van der Waals surface area contributed by atoms with E-state index in [1.807, 2.05) is 0 Å². The number of esters is 1. The fourth-order valence-electron chi connectivity index (χ4n) is 2.66. The number of carbonyl (C=O) groups excluding carboxylic acids is 1. The molecule has 2 heterocycles. The summed E-state index contributed by atoms with van der Waals surface area (Å²) in [5.41, 5.74) is -0.145. The van der Waals surface area contributed by atoms with Crippen LogP contribution >= 0.6 is 0 Å². The number of rotatable bonds is 6. The van der Waals surface area contributed by atoms with Gasteiger partial charge < -0.3 is 19.9 Å². The second-order valence-corrected chi connectivity index (χ2v) is 5.83. The lowest BCUT2D eigenvalue weighted by Crippen LogP contribution is -2.17. The summed E-state index contributed by atoms with van der Waals surface area (Å²) in [4.78, 5) is 31.7. The summed E-state index contributed by atoms with van der Waals surface area (Å²) in [7, 11) is 0. The van der Waals surface area contributed by atoms with Gasteiger partial charge in [0.05, 0.1) is 29.7 Å². The summed E-state index contributed by atoms with van der Waals surface area (Å²) >= 11 is 0. The molecule has 8 nitrogen and oxygen atoms in total. The zero-order valence-corrected chi connectivity index (χ0v) is 15.4. The number of aromatic nitrogens is 2. The van der Waals surface area contributed by atoms with Gasteiger partial charge in [-0.2, -0.15) is 0 Å². The topological polar surface area (TPSA) is 111 Å². The van der Waals surface area contributed by atoms with E-state index < -0.39 is 24.1 Å². The Bertz CT molecular complexity index is 1120. The van der Waals surface area contributed by atoms with Crippen LogP contribution in [-0.2, 0) is 4.74 Å². The molecule has 0 aliphatic carbocycles. The van der Waals surface area contributed by atoms with Gasteiger partial charge in [0.15, 0.2) is 5.65 Å². The van der Waals surface area contributed by atoms with Crippen LogP contribution in [0.5, 0.6) is 5.75 Å². The van der Waals surface area contributed by atoms with Crippen LogP contribution in [0.25, 0.3) is 11.0 Å². The summed E-state index contributed by atoms with van der Waals surface area (Å²) in [6.45, 7) is 1.62. The maximum absolute atomic E-state index is 12.6. The van der Waals surface area contributed by atoms with Gasteiger partial charge in [-0.1, -0.05) is 12.1 Å². The summed E-state index contributed by atoms with van der Waals surface area (Å²) in [6.07, 6.45) is -2.98. The van der Waals surface area contributed by atoms with Crippen molar-refractivity contribution in [2.45, 2.75) is 13.3 Å². The molecule has 30 heavy (non-hydrogen) atoms. The first-order chi connectivity index (χ1) is 14.2. The van der Waals surface area contributed by atoms with Crippen molar-refractivity contribution in [1.29, 1.82) is 0 Å². The molecule has 0 unspecified atom stereocenters. The Morgan fingerprint density at radius 2 is 1.83 bits per heavy atom. The van der Waals surface area contributed by atoms with Crippen molar-refractivity contribution in [3.63, 3.8) is 0 Å². The normalized spacial score (nSPS) is 11.2. The second-order valence-electron chi connectivity index (χ2n) is 5.83. The molecule has 2 aromatic heterocycles. The maximum atomic E-state index is 12.6. The number of anilines is 2. The number of carboxylic acids is 1. The standard InChI is InChI=1S/C19H14F3N3O5/c1-2-29-18(28)13-9-24-16-12(7-10(8-23-16)30-19(20,21)22)15(13)25-14-6-4-3-5-11(14)17(26)27/h3-9H,2H2,1H3,(H,26,27)(H,23,24,25). The van der Waals surface area contributed by atoms with Gasteiger partial charge in [0.25, 0.3) is 0 Å². The molecule has 0 radical (unpaired) electrons. The summed E-state index contributed by atoms with van der Waals surface area (Å²) < 4.78 is 46.7. The molecule has 1 aromatic carbocycles. The molecule has 0 spiro atoms. The molecule has 0 saturated carbocycles. The van der Waals surface area contributed by atoms with Crippen molar-refractivity contribution in [2.24, 2.45) is 0 Å². The van der Waals surface area contributed by atoms with Crippen molar-refractivity contribution < 1.29 is 37.3 Å². The van der Waals surface area contributed by atoms with Gasteiger partial charge in [-0.3, -0.25) is 0 Å². The van der Waals surface area contributed by atoms with E-state index in [9.17, 15) is 27.9 Å². The van der Waals surface area contributed by atoms with Crippen molar-refractivity contribution in [3.8, 4) is 5.75 Å². The highest BCUT2D eigenvalue weighted by Crippen LogP contribution is 2.33. The van der Waals surface area contributed by atoms with E-state index in [0.717, 1.165) is 18.5 Å². The molecular weight excluding hydrogens is 407 g/mol. The molecule has 0 aliphatic heterocycles. The van der Waals surface area contributed by atoms with Crippen LogP contribution in [0.3, 0.4) is 0 Å². The zero-order chi connectivity index (χ0) is 21.9. The molecule has 0 amide bonds. The number of hydrogen-bond donors (Lipinski definition) is 2. The summed E-state index contributed by atoms with van der Waals surface area (Å²) in [6, 6.07) is 6.82. The first-order valence-electron chi connectivity index (χ1n) is 8.50. The molecular formula is C19H14F3N3O5. The van der Waals surface area contributed by atoms with Crippen LogP contribution in [0.15, 0.2) is 42.7 Å². The smallest absolute Gasteiger partial charge is 0.478 e. The van der Waals surface area contributed by atoms with Crippen LogP contribution in [0.2, 0.25) is 0 Å². The van der Waals surface area contributed by atoms with Gasteiger partial charge in [0.2, 0.25) is 0 Å². The molecule has 3 rings (SSSR count). The predicted molar refractivity (Wildman–Crippen MR) is 98.9 cm³/mol. The molecule has 0 atom stereocenters. The predicted octanol–water partition coefficient (Wildman–Crippen LogP) is 4.15. The van der Waals surface area contributed by atoms with E-state index in [2.05, 4.69) is 20.0 Å². The van der Waals surface area contributed by atoms with Gasteiger partial charge in [0, 0.05) is 11.6 Å². The summed E-state index contributed by atoms with van der Waals surface area (Å²) in [5, 5.41) is 12.2. The van der Waals surface area contributed by atoms with Crippen LogP contribution < -0.4 is 10.1 Å². The van der Waals surface area contributed by atoms with Crippen molar-refractivity contribution in [3.05, 3.63) is 53.9 Å². The number of alkyl halides is 3. The van der Waals surface area contributed by atoms with Gasteiger partial charge >= 0.3 is 18.3 Å². The monoisotopic (exact) mass is 421 g/mol. The largest absolute Gasteiger partial charge is 0.573 e. The minimum Gasteiger partial charge on any atom is -0.478 e. The highest BCUT2D eigenvalue weighted by Gasteiger charge is 2.31. The van der Waals surface area contributed by atoms with Gasteiger partial charge in [-0.15, -0.1) is 13.2 Å². The van der Waals surface area contributed by atoms with E-state index in [1.165, 1.54) is 18.2 Å². The Labute approximate surface area is 167 Å². The third-order valence-corrected chi connectivity index (χ3v) is 3.84. The Morgan fingerprint density at radius 1 is 1.13 bits per heavy atom. The number of aromatic carboxylic acids is 1. The minimum absolute atomic E-state index is 0.00231. The van der Waals surface area contributed by atoms with E-state index in [0.29, 0.717) is 0 Å².